The van der Waals surface area contributed by atoms with Gasteiger partial charge in [0.1, 0.15) is 6.04 Å². The van der Waals surface area contributed by atoms with Crippen LogP contribution in [0, 0.1) is 0 Å². The third-order valence-electron chi connectivity index (χ3n) is 3.20. The maximum atomic E-state index is 11.8. The van der Waals surface area contributed by atoms with Crippen LogP contribution in [0.25, 0.3) is 0 Å². The summed E-state index contributed by atoms with van der Waals surface area (Å²) in [4.78, 5) is 25.3. The SMILES string of the molecule is O=C(CN1CCNCC1)NC1CCCNC1=O. The molecule has 0 saturated carbocycles. The van der Waals surface area contributed by atoms with Crippen LogP contribution in [-0.4, -0.2) is 62.0 Å². The molecule has 6 nitrogen and oxygen atoms in total. The molecule has 96 valence electrons. The molecule has 0 bridgehead atoms. The summed E-state index contributed by atoms with van der Waals surface area (Å²) in [6.45, 7) is 4.76. The quantitative estimate of drug-likeness (QED) is 0.549. The Morgan fingerprint density at radius 3 is 2.82 bits per heavy atom. The smallest absolute Gasteiger partial charge is 0.242 e. The maximum absolute atomic E-state index is 11.8. The molecule has 1 unspecified atom stereocenters. The van der Waals surface area contributed by atoms with Crippen molar-refractivity contribution in [1.82, 2.24) is 20.9 Å². The second kappa shape index (κ2) is 5.97. The van der Waals surface area contributed by atoms with E-state index in [1.54, 1.807) is 0 Å². The minimum absolute atomic E-state index is 0.0473. The van der Waals surface area contributed by atoms with Crippen LogP contribution in [0.5, 0.6) is 0 Å². The lowest BCUT2D eigenvalue weighted by Crippen LogP contribution is -2.53. The van der Waals surface area contributed by atoms with Crippen LogP contribution in [0.15, 0.2) is 0 Å². The van der Waals surface area contributed by atoms with Crippen molar-refractivity contribution in [2.75, 3.05) is 39.3 Å². The van der Waals surface area contributed by atoms with Gasteiger partial charge in [-0.1, -0.05) is 0 Å². The van der Waals surface area contributed by atoms with Crippen molar-refractivity contribution >= 4 is 11.8 Å². The summed E-state index contributed by atoms with van der Waals surface area (Å²) in [5.74, 6) is -0.0983. The topological polar surface area (TPSA) is 73.5 Å². The number of rotatable bonds is 3. The fourth-order valence-electron chi connectivity index (χ4n) is 2.22. The van der Waals surface area contributed by atoms with E-state index in [0.29, 0.717) is 6.54 Å². The van der Waals surface area contributed by atoms with Crippen LogP contribution >= 0.6 is 0 Å². The fraction of sp³-hybridized carbons (Fsp3) is 0.818. The number of nitrogens with zero attached hydrogens (tertiary/aromatic N) is 1. The molecule has 2 heterocycles. The van der Waals surface area contributed by atoms with Gasteiger partial charge in [-0.25, -0.2) is 0 Å². The molecule has 2 amide bonds. The van der Waals surface area contributed by atoms with Crippen molar-refractivity contribution < 1.29 is 9.59 Å². The van der Waals surface area contributed by atoms with Gasteiger partial charge in [0.15, 0.2) is 0 Å². The first-order valence-corrected chi connectivity index (χ1v) is 6.26. The molecule has 2 fully saturated rings. The van der Waals surface area contributed by atoms with Gasteiger partial charge in [0.05, 0.1) is 6.54 Å². The van der Waals surface area contributed by atoms with E-state index in [-0.39, 0.29) is 17.9 Å². The first-order chi connectivity index (χ1) is 8.25. The van der Waals surface area contributed by atoms with Crippen molar-refractivity contribution in [3.8, 4) is 0 Å². The van der Waals surface area contributed by atoms with Gasteiger partial charge in [0, 0.05) is 32.7 Å². The van der Waals surface area contributed by atoms with E-state index in [1.165, 1.54) is 0 Å². The number of carbonyl (C=O) groups excluding carboxylic acids is 2. The second-order valence-corrected chi connectivity index (χ2v) is 4.58. The van der Waals surface area contributed by atoms with Crippen LogP contribution in [0.1, 0.15) is 12.8 Å². The lowest BCUT2D eigenvalue weighted by Gasteiger charge is -2.28. The predicted molar refractivity (Wildman–Crippen MR) is 63.5 cm³/mol. The van der Waals surface area contributed by atoms with Gasteiger partial charge >= 0.3 is 0 Å². The lowest BCUT2D eigenvalue weighted by atomic mass is 10.1. The zero-order valence-electron chi connectivity index (χ0n) is 10.00. The molecule has 17 heavy (non-hydrogen) atoms. The van der Waals surface area contributed by atoms with Crippen molar-refractivity contribution in [2.24, 2.45) is 0 Å². The van der Waals surface area contributed by atoms with Gasteiger partial charge < -0.3 is 16.0 Å². The number of carbonyl (C=O) groups is 2. The van der Waals surface area contributed by atoms with E-state index in [9.17, 15) is 9.59 Å². The van der Waals surface area contributed by atoms with E-state index < -0.39 is 0 Å². The Labute approximate surface area is 101 Å². The Kier molecular flexibility index (Phi) is 4.33. The highest BCUT2D eigenvalue weighted by Crippen LogP contribution is 2.02. The van der Waals surface area contributed by atoms with Crippen LogP contribution in [0.2, 0.25) is 0 Å². The normalized spacial score (nSPS) is 26.4. The standard InChI is InChI=1S/C11H20N4O2/c16-10(8-15-6-4-12-5-7-15)14-9-2-1-3-13-11(9)17/h9,12H,1-8H2,(H,13,17)(H,14,16). The molecule has 0 aromatic heterocycles. The number of nitrogens with one attached hydrogen (secondary N) is 3. The molecule has 0 radical (unpaired) electrons. The highest BCUT2D eigenvalue weighted by Gasteiger charge is 2.24. The number of hydrogen-bond donors (Lipinski definition) is 3. The Hall–Kier alpha value is -1.14. The van der Waals surface area contributed by atoms with E-state index >= 15 is 0 Å². The molecule has 0 aromatic carbocycles. The predicted octanol–water partition coefficient (Wildman–Crippen LogP) is -1.71. The van der Waals surface area contributed by atoms with Gasteiger partial charge in [-0.15, -0.1) is 0 Å². The van der Waals surface area contributed by atoms with Crippen LogP contribution in [-0.2, 0) is 9.59 Å². The second-order valence-electron chi connectivity index (χ2n) is 4.58. The third-order valence-corrected chi connectivity index (χ3v) is 3.20. The average molecular weight is 240 g/mol. The minimum atomic E-state index is -0.334. The van der Waals surface area contributed by atoms with Crippen LogP contribution < -0.4 is 16.0 Å². The summed E-state index contributed by atoms with van der Waals surface area (Å²) in [5, 5.41) is 8.81. The molecule has 2 aliphatic rings. The molecular formula is C11H20N4O2. The summed E-state index contributed by atoms with van der Waals surface area (Å²) >= 11 is 0. The summed E-state index contributed by atoms with van der Waals surface area (Å²) in [7, 11) is 0. The first kappa shape index (κ1) is 12.3. The third kappa shape index (κ3) is 3.67. The highest BCUT2D eigenvalue weighted by atomic mass is 16.2. The van der Waals surface area contributed by atoms with E-state index in [0.717, 1.165) is 45.6 Å². The van der Waals surface area contributed by atoms with Gasteiger partial charge in [-0.2, -0.15) is 0 Å². The summed E-state index contributed by atoms with van der Waals surface area (Å²) in [6, 6.07) is -0.334. The number of hydrogen-bond acceptors (Lipinski definition) is 4. The van der Waals surface area contributed by atoms with Gasteiger partial charge in [0.25, 0.3) is 0 Å². The molecule has 0 spiro atoms. The Morgan fingerprint density at radius 2 is 2.12 bits per heavy atom. The molecule has 6 heteroatoms. The Morgan fingerprint density at radius 1 is 1.35 bits per heavy atom. The molecule has 2 saturated heterocycles. The van der Waals surface area contributed by atoms with Gasteiger partial charge in [-0.05, 0) is 12.8 Å². The van der Waals surface area contributed by atoms with Gasteiger partial charge in [-0.3, -0.25) is 14.5 Å². The minimum Gasteiger partial charge on any atom is -0.354 e. The molecule has 2 aliphatic heterocycles. The molecule has 2 rings (SSSR count). The summed E-state index contributed by atoms with van der Waals surface area (Å²) in [5.41, 5.74) is 0. The first-order valence-electron chi connectivity index (χ1n) is 6.26. The number of amides is 2. The molecule has 0 aromatic rings. The largest absolute Gasteiger partial charge is 0.354 e. The van der Waals surface area contributed by atoms with E-state index in [4.69, 9.17) is 0 Å². The van der Waals surface area contributed by atoms with Crippen molar-refractivity contribution in [2.45, 2.75) is 18.9 Å². The lowest BCUT2D eigenvalue weighted by molar-refractivity contribution is -0.130. The fourth-order valence-corrected chi connectivity index (χ4v) is 2.22. The Balaban J connectivity index is 1.74. The summed E-state index contributed by atoms with van der Waals surface area (Å²) in [6.07, 6.45) is 1.68. The van der Waals surface area contributed by atoms with E-state index in [1.807, 2.05) is 0 Å². The molecule has 0 aliphatic carbocycles. The van der Waals surface area contributed by atoms with Crippen molar-refractivity contribution in [3.05, 3.63) is 0 Å². The zero-order valence-corrected chi connectivity index (χ0v) is 10.00. The zero-order chi connectivity index (χ0) is 12.1. The van der Waals surface area contributed by atoms with Crippen LogP contribution in [0.4, 0.5) is 0 Å². The molecule has 3 N–H and O–H groups in total. The van der Waals surface area contributed by atoms with Crippen molar-refractivity contribution in [1.29, 1.82) is 0 Å². The van der Waals surface area contributed by atoms with Crippen molar-refractivity contribution in [3.63, 3.8) is 0 Å². The molecule has 1 atom stereocenters. The molecular weight excluding hydrogens is 220 g/mol. The summed E-state index contributed by atoms with van der Waals surface area (Å²) < 4.78 is 0. The maximum Gasteiger partial charge on any atom is 0.242 e. The van der Waals surface area contributed by atoms with Crippen LogP contribution in [0.3, 0.4) is 0 Å². The monoisotopic (exact) mass is 240 g/mol. The van der Waals surface area contributed by atoms with Gasteiger partial charge in [0.2, 0.25) is 11.8 Å². The number of piperazine rings is 1. The number of piperidine rings is 1. The Bertz CT molecular complexity index is 289. The van der Waals surface area contributed by atoms with E-state index in [2.05, 4.69) is 20.9 Å². The highest BCUT2D eigenvalue weighted by molar-refractivity contribution is 5.88. The average Bonchev–Trinajstić information content (AvgIpc) is 2.33.